The van der Waals surface area contributed by atoms with Crippen LogP contribution in [0.5, 0.6) is 0 Å². The zero-order valence-corrected chi connectivity index (χ0v) is 18.8. The second-order valence-electron chi connectivity index (χ2n) is 8.26. The fourth-order valence-corrected chi connectivity index (χ4v) is 5.20. The molecule has 2 aromatic carbocycles. The molecule has 0 atom stereocenters. The summed E-state index contributed by atoms with van der Waals surface area (Å²) in [6.07, 6.45) is 14.3. The van der Waals surface area contributed by atoms with E-state index in [1.165, 1.54) is 66.3 Å². The molecule has 1 aliphatic rings. The van der Waals surface area contributed by atoms with Gasteiger partial charge in [-0.2, -0.15) is 0 Å². The van der Waals surface area contributed by atoms with Crippen LogP contribution in [0.4, 0.5) is 0 Å². The minimum absolute atomic E-state index is 1.05. The molecule has 0 bridgehead atoms. The van der Waals surface area contributed by atoms with Gasteiger partial charge in [-0.05, 0) is 110 Å². The average molecular weight is 382 g/mol. The van der Waals surface area contributed by atoms with Gasteiger partial charge >= 0.3 is 0 Å². The maximum Gasteiger partial charge on any atom is 0.0527 e. The number of rotatable bonds is 3. The van der Waals surface area contributed by atoms with E-state index in [-0.39, 0.29) is 0 Å². The minimum atomic E-state index is 1.05. The number of aromatic nitrogens is 1. The molecule has 1 aromatic heterocycles. The van der Waals surface area contributed by atoms with E-state index in [4.69, 9.17) is 0 Å². The lowest BCUT2D eigenvalue weighted by molar-refractivity contribution is 0.944. The second kappa shape index (κ2) is 7.22. The molecule has 0 amide bonds. The van der Waals surface area contributed by atoms with Gasteiger partial charge in [-0.25, -0.2) is 0 Å². The molecule has 1 heteroatoms. The topological polar surface area (TPSA) is 4.93 Å². The molecule has 0 unspecified atom stereocenters. The van der Waals surface area contributed by atoms with Crippen LogP contribution in [0, 0.1) is 13.8 Å². The summed E-state index contributed by atoms with van der Waals surface area (Å²) >= 11 is 0. The molecule has 4 rings (SSSR count). The summed E-state index contributed by atoms with van der Waals surface area (Å²) in [7, 11) is 2.20. The van der Waals surface area contributed by atoms with E-state index >= 15 is 0 Å². The molecule has 0 aliphatic heterocycles. The first-order valence-electron chi connectivity index (χ1n) is 10.6. The van der Waals surface area contributed by atoms with E-state index in [0.29, 0.717) is 0 Å². The van der Waals surface area contributed by atoms with Crippen LogP contribution in [0.1, 0.15) is 61.2 Å². The quantitative estimate of drug-likeness (QED) is 0.434. The Kier molecular flexibility index (Phi) is 4.86. The first-order valence-corrected chi connectivity index (χ1v) is 10.6. The molecule has 1 nitrogen and oxygen atoms in total. The number of fused-ring (bicyclic) bond motifs is 4. The van der Waals surface area contributed by atoms with Gasteiger partial charge in [0, 0.05) is 18.1 Å². The van der Waals surface area contributed by atoms with Gasteiger partial charge in [0.2, 0.25) is 0 Å². The number of benzene rings is 2. The van der Waals surface area contributed by atoms with Crippen molar-refractivity contribution in [2.45, 2.75) is 48.0 Å². The van der Waals surface area contributed by atoms with Crippen LogP contribution in [0.15, 0.2) is 42.0 Å². The van der Waals surface area contributed by atoms with E-state index in [9.17, 15) is 0 Å². The third kappa shape index (κ3) is 2.75. The number of nitrogens with zero attached hydrogens (tertiary/aromatic N) is 1. The van der Waals surface area contributed by atoms with Gasteiger partial charge in [-0.1, -0.05) is 36.0 Å². The van der Waals surface area contributed by atoms with Crippen molar-refractivity contribution in [3.05, 3.63) is 75.5 Å². The van der Waals surface area contributed by atoms with E-state index < -0.39 is 0 Å². The number of allylic oxidation sites excluding steroid dienone is 6. The zero-order valence-electron chi connectivity index (χ0n) is 18.8. The van der Waals surface area contributed by atoms with Crippen molar-refractivity contribution in [2.24, 2.45) is 7.05 Å². The van der Waals surface area contributed by atoms with E-state index in [2.05, 4.69) is 102 Å². The normalized spacial score (nSPS) is 14.7. The van der Waals surface area contributed by atoms with Crippen LogP contribution < -0.4 is 0 Å². The predicted octanol–water partition coefficient (Wildman–Crippen LogP) is 7.92. The van der Waals surface area contributed by atoms with Crippen molar-refractivity contribution in [2.75, 3.05) is 0 Å². The lowest BCUT2D eigenvalue weighted by Gasteiger charge is -2.14. The molecule has 0 saturated heterocycles. The summed E-state index contributed by atoms with van der Waals surface area (Å²) in [5.41, 5.74) is 12.4. The highest BCUT2D eigenvalue weighted by Gasteiger charge is 2.23. The lowest BCUT2D eigenvalue weighted by atomic mass is 9.90. The summed E-state index contributed by atoms with van der Waals surface area (Å²) in [5.74, 6) is 0. The molecule has 0 fully saturated rings. The molecule has 1 aliphatic carbocycles. The Bertz CT molecular complexity index is 1270. The Morgan fingerprint density at radius 1 is 0.828 bits per heavy atom. The lowest BCUT2D eigenvalue weighted by Crippen LogP contribution is -1.96. The average Bonchev–Trinajstić information content (AvgIpc) is 3.13. The van der Waals surface area contributed by atoms with Gasteiger partial charge in [-0.3, -0.25) is 0 Å². The monoisotopic (exact) mass is 381 g/mol. The summed E-state index contributed by atoms with van der Waals surface area (Å²) in [5, 5.41) is 4.15. The molecule has 0 spiro atoms. The van der Waals surface area contributed by atoms with Gasteiger partial charge in [0.05, 0.1) is 5.52 Å². The van der Waals surface area contributed by atoms with Gasteiger partial charge in [0.1, 0.15) is 0 Å². The SMILES string of the molecule is C/C=C\C1=C(C)Cc2cc3c(cc21)c(/C=C\C)c(C)c1c3c(C)c(/C=C\C)n1C. The Morgan fingerprint density at radius 2 is 1.52 bits per heavy atom. The largest absolute Gasteiger partial charge is 0.344 e. The first-order chi connectivity index (χ1) is 13.9. The highest BCUT2D eigenvalue weighted by molar-refractivity contribution is 6.15. The van der Waals surface area contributed by atoms with Gasteiger partial charge in [-0.15, -0.1) is 0 Å². The van der Waals surface area contributed by atoms with Crippen molar-refractivity contribution >= 4 is 39.4 Å². The van der Waals surface area contributed by atoms with E-state index in [1.807, 2.05) is 0 Å². The van der Waals surface area contributed by atoms with Crippen LogP contribution in [-0.2, 0) is 13.5 Å². The number of aryl methyl sites for hydroxylation is 3. The zero-order chi connectivity index (χ0) is 20.9. The Balaban J connectivity index is 2.22. The molecular weight excluding hydrogens is 350 g/mol. The number of hydrogen-bond donors (Lipinski definition) is 0. The molecule has 0 N–H and O–H groups in total. The Labute approximate surface area is 174 Å². The fraction of sp³-hybridized carbons (Fsp3) is 0.286. The molecule has 148 valence electrons. The van der Waals surface area contributed by atoms with Crippen LogP contribution in [0.2, 0.25) is 0 Å². The Hall–Kier alpha value is -2.80. The van der Waals surface area contributed by atoms with Crippen LogP contribution in [0.3, 0.4) is 0 Å². The van der Waals surface area contributed by atoms with Crippen LogP contribution in [-0.4, -0.2) is 4.57 Å². The van der Waals surface area contributed by atoms with Gasteiger partial charge in [0.25, 0.3) is 0 Å². The predicted molar refractivity (Wildman–Crippen MR) is 130 cm³/mol. The number of hydrogen-bond acceptors (Lipinski definition) is 0. The fourth-order valence-electron chi connectivity index (χ4n) is 5.20. The van der Waals surface area contributed by atoms with Gasteiger partial charge < -0.3 is 4.57 Å². The Morgan fingerprint density at radius 3 is 2.17 bits per heavy atom. The summed E-state index contributed by atoms with van der Waals surface area (Å²) in [4.78, 5) is 0. The van der Waals surface area contributed by atoms with Crippen LogP contribution >= 0.6 is 0 Å². The highest BCUT2D eigenvalue weighted by atomic mass is 14.9. The highest BCUT2D eigenvalue weighted by Crippen LogP contribution is 2.43. The molecule has 0 radical (unpaired) electrons. The molecular formula is C28H31N. The van der Waals surface area contributed by atoms with Crippen molar-refractivity contribution in [1.29, 1.82) is 0 Å². The maximum atomic E-state index is 2.46. The third-order valence-corrected chi connectivity index (χ3v) is 6.45. The molecule has 29 heavy (non-hydrogen) atoms. The van der Waals surface area contributed by atoms with E-state index in [1.54, 1.807) is 0 Å². The third-order valence-electron chi connectivity index (χ3n) is 6.45. The smallest absolute Gasteiger partial charge is 0.0527 e. The van der Waals surface area contributed by atoms with E-state index in [0.717, 1.165) is 6.42 Å². The van der Waals surface area contributed by atoms with Crippen molar-refractivity contribution in [1.82, 2.24) is 4.57 Å². The standard InChI is InChI=1S/C28H31N/c1-8-11-21-17(4)14-20-15-25-24(16-23(20)21)22(12-9-2)18(5)28-27(25)19(6)26(13-10-3)29(28)7/h8-13,15-16H,14H2,1-7H3/b11-8-,12-9-,13-10-. The summed E-state index contributed by atoms with van der Waals surface area (Å²) in [6.45, 7) is 13.1. The van der Waals surface area contributed by atoms with Gasteiger partial charge in [0.15, 0.2) is 0 Å². The summed E-state index contributed by atoms with van der Waals surface area (Å²) < 4.78 is 2.37. The van der Waals surface area contributed by atoms with Crippen molar-refractivity contribution in [3.8, 4) is 0 Å². The summed E-state index contributed by atoms with van der Waals surface area (Å²) in [6, 6.07) is 4.91. The maximum absolute atomic E-state index is 2.46. The van der Waals surface area contributed by atoms with Crippen molar-refractivity contribution in [3.63, 3.8) is 0 Å². The second-order valence-corrected chi connectivity index (χ2v) is 8.26. The molecule has 1 heterocycles. The molecule has 0 saturated carbocycles. The molecule has 3 aromatic rings. The van der Waals surface area contributed by atoms with Crippen LogP contribution in [0.25, 0.3) is 39.4 Å². The minimum Gasteiger partial charge on any atom is -0.344 e. The first kappa shape index (κ1) is 19.5. The van der Waals surface area contributed by atoms with Crippen molar-refractivity contribution < 1.29 is 0 Å².